The minimum absolute atomic E-state index is 0.0403. The number of nitrogens with two attached hydrogens (primary N) is 1. The van der Waals surface area contributed by atoms with E-state index in [0.717, 1.165) is 25.0 Å². The molecule has 1 saturated carbocycles. The maximum Gasteiger partial charge on any atom is 0.293 e. The van der Waals surface area contributed by atoms with Gasteiger partial charge in [-0.1, -0.05) is 0 Å². The number of rotatable bonds is 6. The van der Waals surface area contributed by atoms with Crippen molar-refractivity contribution in [3.8, 4) is 11.5 Å². The predicted octanol–water partition coefficient (Wildman–Crippen LogP) is 0.382. The van der Waals surface area contributed by atoms with Gasteiger partial charge in [-0.05, 0) is 18.8 Å². The minimum atomic E-state index is -4.08. The van der Waals surface area contributed by atoms with Crippen molar-refractivity contribution in [2.75, 3.05) is 19.8 Å². The molecule has 0 aromatic heterocycles. The van der Waals surface area contributed by atoms with Crippen LogP contribution in [0, 0.1) is 16.0 Å². The van der Waals surface area contributed by atoms with E-state index in [0.29, 0.717) is 5.92 Å². The molecule has 0 amide bonds. The van der Waals surface area contributed by atoms with Crippen molar-refractivity contribution in [3.63, 3.8) is 0 Å². The number of fused-ring (bicyclic) bond motifs is 1. The first kappa shape index (κ1) is 16.0. The lowest BCUT2D eigenvalue weighted by atomic mass is 10.2. The molecule has 1 aliphatic carbocycles. The molecule has 1 aliphatic heterocycles. The smallest absolute Gasteiger partial charge is 0.293 e. The number of benzene rings is 1. The van der Waals surface area contributed by atoms with Gasteiger partial charge in [0.15, 0.2) is 16.4 Å². The minimum Gasteiger partial charge on any atom is -0.486 e. The highest BCUT2D eigenvalue weighted by molar-refractivity contribution is 7.89. The Morgan fingerprint density at radius 3 is 2.48 bits per heavy atom. The Labute approximate surface area is 133 Å². The first-order valence-corrected chi connectivity index (χ1v) is 8.70. The molecule has 2 aliphatic rings. The third kappa shape index (κ3) is 3.38. The summed E-state index contributed by atoms with van der Waals surface area (Å²) in [6, 6.07) is 1.91. The summed E-state index contributed by atoms with van der Waals surface area (Å²) < 4.78 is 37.7. The van der Waals surface area contributed by atoms with E-state index < -0.39 is 25.5 Å². The molecule has 0 radical (unpaired) electrons. The standard InChI is InChI=1S/C13H17N3O6S/c14-9(8-1-2-8)7-15-23(19,20)13-6-12-11(21-3-4-22-12)5-10(13)16(17)18/h5-6,8-9,15H,1-4,7,14H2. The summed E-state index contributed by atoms with van der Waals surface area (Å²) in [5.41, 5.74) is 5.31. The molecule has 1 heterocycles. The van der Waals surface area contributed by atoms with E-state index in [4.69, 9.17) is 15.2 Å². The van der Waals surface area contributed by atoms with E-state index in [9.17, 15) is 18.5 Å². The van der Waals surface area contributed by atoms with Gasteiger partial charge in [0.25, 0.3) is 5.69 Å². The van der Waals surface area contributed by atoms with Crippen LogP contribution in [0.15, 0.2) is 17.0 Å². The quantitative estimate of drug-likeness (QED) is 0.563. The highest BCUT2D eigenvalue weighted by atomic mass is 32.2. The molecule has 0 bridgehead atoms. The zero-order chi connectivity index (χ0) is 16.6. The highest BCUT2D eigenvalue weighted by Crippen LogP contribution is 2.38. The molecule has 126 valence electrons. The van der Waals surface area contributed by atoms with Crippen molar-refractivity contribution < 1.29 is 22.8 Å². The Bertz CT molecular complexity index is 731. The van der Waals surface area contributed by atoms with Crippen molar-refractivity contribution in [2.45, 2.75) is 23.8 Å². The van der Waals surface area contributed by atoms with Crippen molar-refractivity contribution in [1.29, 1.82) is 0 Å². The van der Waals surface area contributed by atoms with Crippen molar-refractivity contribution in [2.24, 2.45) is 11.7 Å². The van der Waals surface area contributed by atoms with E-state index >= 15 is 0 Å². The zero-order valence-corrected chi connectivity index (χ0v) is 13.0. The van der Waals surface area contributed by atoms with Crippen LogP contribution < -0.4 is 19.9 Å². The predicted molar refractivity (Wildman–Crippen MR) is 80.0 cm³/mol. The fourth-order valence-electron chi connectivity index (χ4n) is 2.39. The summed E-state index contributed by atoms with van der Waals surface area (Å²) in [5.74, 6) is 0.651. The van der Waals surface area contributed by atoms with Crippen LogP contribution in [0.25, 0.3) is 0 Å². The molecule has 23 heavy (non-hydrogen) atoms. The second kappa shape index (κ2) is 5.95. The van der Waals surface area contributed by atoms with Crippen molar-refractivity contribution in [1.82, 2.24) is 4.72 Å². The Kier molecular flexibility index (Phi) is 4.13. The summed E-state index contributed by atoms with van der Waals surface area (Å²) in [4.78, 5) is 10.00. The first-order chi connectivity index (χ1) is 10.9. The van der Waals surface area contributed by atoms with Gasteiger partial charge in [-0.25, -0.2) is 13.1 Å². The van der Waals surface area contributed by atoms with E-state index in [1.165, 1.54) is 0 Å². The van der Waals surface area contributed by atoms with Crippen LogP contribution in [-0.4, -0.2) is 39.1 Å². The molecular formula is C13H17N3O6S. The van der Waals surface area contributed by atoms with Gasteiger partial charge in [0.1, 0.15) is 13.2 Å². The molecule has 9 nitrogen and oxygen atoms in total. The third-order valence-electron chi connectivity index (χ3n) is 3.85. The summed E-state index contributed by atoms with van der Waals surface area (Å²) in [6.45, 7) is 0.549. The molecule has 1 unspecified atom stereocenters. The van der Waals surface area contributed by atoms with E-state index in [1.807, 2.05) is 0 Å². The largest absolute Gasteiger partial charge is 0.486 e. The maximum atomic E-state index is 12.4. The summed E-state index contributed by atoms with van der Waals surface area (Å²) in [7, 11) is -4.08. The molecule has 3 rings (SSSR count). The van der Waals surface area contributed by atoms with Crippen LogP contribution in [-0.2, 0) is 10.0 Å². The number of nitro benzene ring substituents is 1. The van der Waals surface area contributed by atoms with Crippen molar-refractivity contribution >= 4 is 15.7 Å². The van der Waals surface area contributed by atoms with Crippen LogP contribution in [0.5, 0.6) is 11.5 Å². The van der Waals surface area contributed by atoms with Crippen LogP contribution in [0.1, 0.15) is 12.8 Å². The molecule has 1 aromatic carbocycles. The second-order valence-electron chi connectivity index (χ2n) is 5.57. The molecule has 10 heteroatoms. The lowest BCUT2D eigenvalue weighted by Gasteiger charge is -2.19. The van der Waals surface area contributed by atoms with Gasteiger partial charge >= 0.3 is 0 Å². The van der Waals surface area contributed by atoms with Gasteiger partial charge in [0.2, 0.25) is 10.0 Å². The monoisotopic (exact) mass is 343 g/mol. The lowest BCUT2D eigenvalue weighted by Crippen LogP contribution is -2.38. The Morgan fingerprint density at radius 2 is 1.91 bits per heavy atom. The molecule has 1 atom stereocenters. The van der Waals surface area contributed by atoms with Gasteiger partial charge in [-0.3, -0.25) is 10.1 Å². The summed E-state index contributed by atoms with van der Waals surface area (Å²) in [5, 5.41) is 11.2. The SMILES string of the molecule is NC(CNS(=O)(=O)c1cc2c(cc1[N+](=O)[O-])OCCO2)C1CC1. The molecule has 1 aromatic rings. The molecule has 0 spiro atoms. The third-order valence-corrected chi connectivity index (χ3v) is 5.30. The summed E-state index contributed by atoms with van der Waals surface area (Å²) in [6.07, 6.45) is 1.96. The van der Waals surface area contributed by atoms with Gasteiger partial charge in [-0.15, -0.1) is 0 Å². The molecule has 3 N–H and O–H groups in total. The first-order valence-electron chi connectivity index (χ1n) is 7.22. The fourth-order valence-corrected chi connectivity index (χ4v) is 3.63. The highest BCUT2D eigenvalue weighted by Gasteiger charge is 2.33. The Balaban J connectivity index is 1.91. The summed E-state index contributed by atoms with van der Waals surface area (Å²) >= 11 is 0. The number of nitrogens with zero attached hydrogens (tertiary/aromatic N) is 1. The van der Waals surface area contributed by atoms with Gasteiger partial charge in [-0.2, -0.15) is 0 Å². The van der Waals surface area contributed by atoms with Crippen LogP contribution in [0.3, 0.4) is 0 Å². The van der Waals surface area contributed by atoms with Crippen LogP contribution in [0.4, 0.5) is 5.69 Å². The van der Waals surface area contributed by atoms with E-state index in [1.54, 1.807) is 0 Å². The number of nitro groups is 1. The number of ether oxygens (including phenoxy) is 2. The number of hydrogen-bond donors (Lipinski definition) is 2. The van der Waals surface area contributed by atoms with Crippen LogP contribution in [0.2, 0.25) is 0 Å². The topological polar surface area (TPSA) is 134 Å². The lowest BCUT2D eigenvalue weighted by molar-refractivity contribution is -0.388. The average Bonchev–Trinajstić information content (AvgIpc) is 3.36. The molecular weight excluding hydrogens is 326 g/mol. The maximum absolute atomic E-state index is 12.4. The zero-order valence-electron chi connectivity index (χ0n) is 12.2. The Morgan fingerprint density at radius 1 is 1.30 bits per heavy atom. The van der Waals surface area contributed by atoms with E-state index in [2.05, 4.69) is 4.72 Å². The van der Waals surface area contributed by atoms with Gasteiger partial charge < -0.3 is 15.2 Å². The number of sulfonamides is 1. The van der Waals surface area contributed by atoms with Crippen LogP contribution >= 0.6 is 0 Å². The molecule has 0 saturated heterocycles. The fraction of sp³-hybridized carbons (Fsp3) is 0.538. The van der Waals surface area contributed by atoms with Gasteiger partial charge in [0, 0.05) is 18.7 Å². The average molecular weight is 343 g/mol. The van der Waals surface area contributed by atoms with E-state index in [-0.39, 0.29) is 37.3 Å². The number of hydrogen-bond acceptors (Lipinski definition) is 7. The molecule has 1 fully saturated rings. The van der Waals surface area contributed by atoms with Gasteiger partial charge in [0.05, 0.1) is 11.0 Å². The van der Waals surface area contributed by atoms with Crippen molar-refractivity contribution in [3.05, 3.63) is 22.2 Å². The normalized spacial score (nSPS) is 18.5. The Hall–Kier alpha value is -1.91. The number of nitrogens with one attached hydrogen (secondary N) is 1. The second-order valence-corrected chi connectivity index (χ2v) is 7.31.